The Hall–Kier alpha value is -2.65. The summed E-state index contributed by atoms with van der Waals surface area (Å²) in [6, 6.07) is 14.3. The van der Waals surface area contributed by atoms with Gasteiger partial charge < -0.3 is 14.8 Å². The number of nitrogens with zero attached hydrogens (tertiary/aromatic N) is 1. The molecule has 0 heterocycles. The van der Waals surface area contributed by atoms with Gasteiger partial charge in [0.15, 0.2) is 11.5 Å². The molecular weight excluding hydrogens is 314 g/mol. The first-order valence-corrected chi connectivity index (χ1v) is 7.53. The molecule has 2 aromatic carbocycles. The Labute approximate surface area is 139 Å². The second kappa shape index (κ2) is 8.85. The molecule has 24 heavy (non-hydrogen) atoms. The quantitative estimate of drug-likeness (QED) is 0.798. The maximum atomic E-state index is 12.7. The minimum absolute atomic E-state index is 0.0487. The van der Waals surface area contributed by atoms with Gasteiger partial charge in [0.05, 0.1) is 18.2 Å². The SMILES string of the molecule is CCOc1cccc(CNCc2cccc(C#N)c2)c1OC(F)F. The normalized spacial score (nSPS) is 10.5. The smallest absolute Gasteiger partial charge is 0.387 e. The molecule has 4 nitrogen and oxygen atoms in total. The largest absolute Gasteiger partial charge is 0.490 e. The van der Waals surface area contributed by atoms with Gasteiger partial charge in [0.2, 0.25) is 0 Å². The minimum Gasteiger partial charge on any atom is -0.490 e. The van der Waals surface area contributed by atoms with E-state index in [4.69, 9.17) is 10.00 Å². The molecule has 0 amide bonds. The fourth-order valence-corrected chi connectivity index (χ4v) is 2.28. The molecule has 0 saturated heterocycles. The first kappa shape index (κ1) is 17.7. The van der Waals surface area contributed by atoms with Crippen molar-refractivity contribution in [3.63, 3.8) is 0 Å². The van der Waals surface area contributed by atoms with Crippen LogP contribution in [0.15, 0.2) is 42.5 Å². The maximum Gasteiger partial charge on any atom is 0.387 e. The van der Waals surface area contributed by atoms with E-state index in [1.165, 1.54) is 0 Å². The van der Waals surface area contributed by atoms with E-state index >= 15 is 0 Å². The molecule has 0 bridgehead atoms. The zero-order chi connectivity index (χ0) is 17.4. The number of nitrogens with one attached hydrogen (secondary N) is 1. The van der Waals surface area contributed by atoms with E-state index in [2.05, 4.69) is 16.1 Å². The first-order chi connectivity index (χ1) is 11.6. The summed E-state index contributed by atoms with van der Waals surface area (Å²) >= 11 is 0. The van der Waals surface area contributed by atoms with Crippen LogP contribution in [0, 0.1) is 11.3 Å². The minimum atomic E-state index is -2.92. The average molecular weight is 332 g/mol. The van der Waals surface area contributed by atoms with E-state index < -0.39 is 6.61 Å². The van der Waals surface area contributed by atoms with E-state index in [0.29, 0.717) is 36.6 Å². The lowest BCUT2D eigenvalue weighted by atomic mass is 10.1. The summed E-state index contributed by atoms with van der Waals surface area (Å²) in [6.07, 6.45) is 0. The lowest BCUT2D eigenvalue weighted by Crippen LogP contribution is -2.15. The van der Waals surface area contributed by atoms with Gasteiger partial charge >= 0.3 is 6.61 Å². The summed E-state index contributed by atoms with van der Waals surface area (Å²) in [5.41, 5.74) is 2.10. The zero-order valence-corrected chi connectivity index (χ0v) is 13.3. The molecule has 0 fully saturated rings. The number of para-hydroxylation sites is 1. The molecule has 6 heteroatoms. The first-order valence-electron chi connectivity index (χ1n) is 7.53. The summed E-state index contributed by atoms with van der Waals surface area (Å²) < 4.78 is 35.3. The van der Waals surface area contributed by atoms with Crippen molar-refractivity contribution < 1.29 is 18.3 Å². The second-order valence-electron chi connectivity index (χ2n) is 4.97. The van der Waals surface area contributed by atoms with Crippen LogP contribution in [0.5, 0.6) is 11.5 Å². The Balaban J connectivity index is 2.08. The zero-order valence-electron chi connectivity index (χ0n) is 13.3. The number of hydrogen-bond acceptors (Lipinski definition) is 4. The third-order valence-electron chi connectivity index (χ3n) is 3.27. The Morgan fingerprint density at radius 1 is 1.17 bits per heavy atom. The molecule has 0 spiro atoms. The highest BCUT2D eigenvalue weighted by Gasteiger charge is 2.15. The lowest BCUT2D eigenvalue weighted by Gasteiger charge is -2.15. The Bertz CT molecular complexity index is 714. The molecule has 0 radical (unpaired) electrons. The monoisotopic (exact) mass is 332 g/mol. The number of rotatable bonds is 8. The molecule has 0 saturated carbocycles. The van der Waals surface area contributed by atoms with E-state index in [1.54, 1.807) is 43.3 Å². The highest BCUT2D eigenvalue weighted by Crippen LogP contribution is 2.32. The van der Waals surface area contributed by atoms with Gasteiger partial charge in [-0.2, -0.15) is 14.0 Å². The van der Waals surface area contributed by atoms with Gasteiger partial charge in [-0.15, -0.1) is 0 Å². The van der Waals surface area contributed by atoms with E-state index in [9.17, 15) is 8.78 Å². The van der Waals surface area contributed by atoms with Crippen LogP contribution in [0.4, 0.5) is 8.78 Å². The van der Waals surface area contributed by atoms with Gasteiger partial charge in [-0.3, -0.25) is 0 Å². The fraction of sp³-hybridized carbons (Fsp3) is 0.278. The molecule has 1 N–H and O–H groups in total. The van der Waals surface area contributed by atoms with E-state index in [0.717, 1.165) is 5.56 Å². The third kappa shape index (κ3) is 4.93. The number of hydrogen-bond donors (Lipinski definition) is 1. The molecule has 126 valence electrons. The van der Waals surface area contributed by atoms with Crippen LogP contribution < -0.4 is 14.8 Å². The third-order valence-corrected chi connectivity index (χ3v) is 3.27. The summed E-state index contributed by atoms with van der Waals surface area (Å²) in [5, 5.41) is 12.1. The van der Waals surface area contributed by atoms with Crippen molar-refractivity contribution in [1.82, 2.24) is 5.32 Å². The highest BCUT2D eigenvalue weighted by atomic mass is 19.3. The highest BCUT2D eigenvalue weighted by molar-refractivity contribution is 5.46. The van der Waals surface area contributed by atoms with Crippen molar-refractivity contribution in [1.29, 1.82) is 5.26 Å². The second-order valence-corrected chi connectivity index (χ2v) is 4.97. The summed E-state index contributed by atoms with van der Waals surface area (Å²) in [4.78, 5) is 0. The number of alkyl halides is 2. The molecule has 2 aromatic rings. The number of ether oxygens (including phenoxy) is 2. The van der Waals surface area contributed by atoms with Crippen molar-refractivity contribution in [3.8, 4) is 17.6 Å². The van der Waals surface area contributed by atoms with Gasteiger partial charge in [-0.1, -0.05) is 24.3 Å². The van der Waals surface area contributed by atoms with Gasteiger partial charge in [-0.05, 0) is 30.7 Å². The molecule has 0 atom stereocenters. The number of nitriles is 1. The standard InChI is InChI=1S/C18H18F2N2O2/c1-2-23-16-8-4-7-15(17(16)24-18(19)20)12-22-11-14-6-3-5-13(9-14)10-21/h3-9,18,22H,2,11-12H2,1H3. The molecule has 0 aliphatic rings. The molecule has 0 aliphatic carbocycles. The van der Waals surface area contributed by atoms with Crippen LogP contribution in [0.1, 0.15) is 23.6 Å². The van der Waals surface area contributed by atoms with Crippen molar-refractivity contribution in [3.05, 3.63) is 59.2 Å². The van der Waals surface area contributed by atoms with Gasteiger partial charge in [0.1, 0.15) is 0 Å². The maximum absolute atomic E-state index is 12.7. The summed E-state index contributed by atoms with van der Waals surface area (Å²) in [5.74, 6) is 0.344. The van der Waals surface area contributed by atoms with Crippen LogP contribution in [0.25, 0.3) is 0 Å². The Morgan fingerprint density at radius 3 is 2.67 bits per heavy atom. The number of halogens is 2. The molecule has 0 unspecified atom stereocenters. The van der Waals surface area contributed by atoms with Crippen molar-refractivity contribution in [2.45, 2.75) is 26.6 Å². The molecular formula is C18H18F2N2O2. The van der Waals surface area contributed by atoms with Gasteiger partial charge in [-0.25, -0.2) is 0 Å². The van der Waals surface area contributed by atoms with Crippen molar-refractivity contribution >= 4 is 0 Å². The van der Waals surface area contributed by atoms with E-state index in [-0.39, 0.29) is 5.75 Å². The Morgan fingerprint density at radius 2 is 1.96 bits per heavy atom. The van der Waals surface area contributed by atoms with Crippen LogP contribution in [-0.4, -0.2) is 13.2 Å². The Kier molecular flexibility index (Phi) is 6.52. The van der Waals surface area contributed by atoms with Crippen LogP contribution >= 0.6 is 0 Å². The predicted molar refractivity (Wildman–Crippen MR) is 85.9 cm³/mol. The average Bonchev–Trinajstić information content (AvgIpc) is 2.57. The van der Waals surface area contributed by atoms with Crippen LogP contribution in [-0.2, 0) is 13.1 Å². The molecule has 2 rings (SSSR count). The molecule has 0 aliphatic heterocycles. The van der Waals surface area contributed by atoms with E-state index in [1.807, 2.05) is 6.07 Å². The van der Waals surface area contributed by atoms with Gasteiger partial charge in [0.25, 0.3) is 0 Å². The lowest BCUT2D eigenvalue weighted by molar-refractivity contribution is -0.0521. The summed E-state index contributed by atoms with van der Waals surface area (Å²) in [6.45, 7) is 0.0523. The van der Waals surface area contributed by atoms with Crippen molar-refractivity contribution in [2.24, 2.45) is 0 Å². The number of benzene rings is 2. The molecule has 0 aromatic heterocycles. The van der Waals surface area contributed by atoms with Crippen LogP contribution in [0.2, 0.25) is 0 Å². The topological polar surface area (TPSA) is 54.3 Å². The predicted octanol–water partition coefficient (Wildman–Crippen LogP) is 3.85. The van der Waals surface area contributed by atoms with Crippen molar-refractivity contribution in [2.75, 3.05) is 6.61 Å². The summed E-state index contributed by atoms with van der Waals surface area (Å²) in [7, 11) is 0. The van der Waals surface area contributed by atoms with Gasteiger partial charge in [0, 0.05) is 18.7 Å². The van der Waals surface area contributed by atoms with Crippen LogP contribution in [0.3, 0.4) is 0 Å². The fourth-order valence-electron chi connectivity index (χ4n) is 2.28.